The van der Waals surface area contributed by atoms with E-state index in [2.05, 4.69) is 23.7 Å². The fourth-order valence-corrected chi connectivity index (χ4v) is 2.93. The number of carbonyl (C=O) groups is 1. The van der Waals surface area contributed by atoms with Gasteiger partial charge in [-0.1, -0.05) is 12.1 Å². The highest BCUT2D eigenvalue weighted by Gasteiger charge is 2.26. The van der Waals surface area contributed by atoms with E-state index in [1.807, 2.05) is 23.9 Å². The Hall–Kier alpha value is -0.750. The van der Waals surface area contributed by atoms with Crippen LogP contribution in [0, 0.1) is 5.92 Å². The number of carbonyl (C=O) groups excluding carboxylic acids is 1. The average molecular weight is 345 g/mol. The molecular formula is C16H25ClN2O2S. The highest BCUT2D eigenvalue weighted by Crippen LogP contribution is 2.19. The van der Waals surface area contributed by atoms with E-state index < -0.39 is 6.04 Å². The number of ether oxygens (including phenoxy) is 1. The van der Waals surface area contributed by atoms with Crippen molar-refractivity contribution in [3.8, 4) is 0 Å². The van der Waals surface area contributed by atoms with Crippen molar-refractivity contribution in [2.45, 2.75) is 25.3 Å². The summed E-state index contributed by atoms with van der Waals surface area (Å²) in [5.41, 5.74) is 8.17. The van der Waals surface area contributed by atoms with Gasteiger partial charge in [0.05, 0.1) is 6.04 Å². The van der Waals surface area contributed by atoms with Gasteiger partial charge in [-0.05, 0) is 54.9 Å². The molecule has 0 radical (unpaired) electrons. The van der Waals surface area contributed by atoms with Gasteiger partial charge in [-0.3, -0.25) is 4.79 Å². The maximum atomic E-state index is 12.2. The van der Waals surface area contributed by atoms with Crippen molar-refractivity contribution >= 4 is 35.8 Å². The summed E-state index contributed by atoms with van der Waals surface area (Å²) in [6, 6.07) is 7.57. The molecule has 1 aromatic rings. The summed E-state index contributed by atoms with van der Waals surface area (Å²) < 4.78 is 5.30. The topological polar surface area (TPSA) is 64.4 Å². The maximum absolute atomic E-state index is 12.2. The summed E-state index contributed by atoms with van der Waals surface area (Å²) >= 11 is 1.83. The number of benzene rings is 1. The Kier molecular flexibility index (Phi) is 8.86. The third-order valence-electron chi connectivity index (χ3n) is 3.89. The molecule has 0 aliphatic carbocycles. The van der Waals surface area contributed by atoms with Gasteiger partial charge in [0, 0.05) is 18.9 Å². The largest absolute Gasteiger partial charge is 0.381 e. The number of halogens is 1. The lowest BCUT2D eigenvalue weighted by molar-refractivity contribution is -0.119. The first-order valence-corrected chi connectivity index (χ1v) is 8.82. The molecule has 1 fully saturated rings. The van der Waals surface area contributed by atoms with Gasteiger partial charge in [0.15, 0.2) is 0 Å². The Morgan fingerprint density at radius 1 is 1.36 bits per heavy atom. The monoisotopic (exact) mass is 344 g/mol. The molecule has 0 spiro atoms. The van der Waals surface area contributed by atoms with Crippen LogP contribution in [0.25, 0.3) is 0 Å². The Balaban J connectivity index is 0.00000242. The summed E-state index contributed by atoms with van der Waals surface area (Å²) in [6.45, 7) is 1.41. The molecule has 1 unspecified atom stereocenters. The molecule has 6 heteroatoms. The van der Waals surface area contributed by atoms with Crippen molar-refractivity contribution in [2.24, 2.45) is 11.7 Å². The van der Waals surface area contributed by atoms with E-state index in [1.165, 1.54) is 5.56 Å². The molecule has 22 heavy (non-hydrogen) atoms. The first-order chi connectivity index (χ1) is 10.2. The van der Waals surface area contributed by atoms with Crippen LogP contribution in [0.2, 0.25) is 0 Å². The fourth-order valence-electron chi connectivity index (χ4n) is 2.49. The van der Waals surface area contributed by atoms with Crippen LogP contribution in [-0.4, -0.2) is 37.2 Å². The molecule has 124 valence electrons. The minimum atomic E-state index is -0.454. The van der Waals surface area contributed by atoms with E-state index in [0.717, 1.165) is 30.7 Å². The van der Waals surface area contributed by atoms with Crippen molar-refractivity contribution in [2.75, 3.05) is 30.5 Å². The van der Waals surface area contributed by atoms with Crippen LogP contribution in [0.1, 0.15) is 18.4 Å². The zero-order chi connectivity index (χ0) is 15.1. The number of thioether (sulfide) groups is 1. The third kappa shape index (κ3) is 5.80. The molecular weight excluding hydrogens is 320 g/mol. The van der Waals surface area contributed by atoms with Gasteiger partial charge in [-0.25, -0.2) is 0 Å². The van der Waals surface area contributed by atoms with Crippen molar-refractivity contribution in [1.82, 2.24) is 0 Å². The van der Waals surface area contributed by atoms with E-state index in [-0.39, 0.29) is 24.2 Å². The van der Waals surface area contributed by atoms with Crippen molar-refractivity contribution < 1.29 is 9.53 Å². The Bertz CT molecular complexity index is 450. The molecule has 4 nitrogen and oxygen atoms in total. The smallest absolute Gasteiger partial charge is 0.241 e. The molecule has 1 aliphatic rings. The molecule has 1 heterocycles. The summed E-state index contributed by atoms with van der Waals surface area (Å²) in [4.78, 5) is 12.2. The minimum absolute atomic E-state index is 0. The van der Waals surface area contributed by atoms with Gasteiger partial charge < -0.3 is 15.8 Å². The van der Waals surface area contributed by atoms with Crippen LogP contribution in [0.3, 0.4) is 0 Å². The van der Waals surface area contributed by atoms with Gasteiger partial charge in [0.1, 0.15) is 0 Å². The molecule has 0 saturated carbocycles. The zero-order valence-corrected chi connectivity index (χ0v) is 14.6. The van der Waals surface area contributed by atoms with Crippen LogP contribution in [0.4, 0.5) is 5.69 Å². The van der Waals surface area contributed by atoms with Crippen LogP contribution < -0.4 is 11.1 Å². The SMILES string of the molecule is CSCCc1ccc(NC(=O)C(N)C2CCOCC2)cc1.Cl. The molecule has 1 amide bonds. The number of amides is 1. The molecule has 0 aromatic heterocycles. The second-order valence-electron chi connectivity index (χ2n) is 5.40. The lowest BCUT2D eigenvalue weighted by Gasteiger charge is -2.26. The molecule has 1 saturated heterocycles. The van der Waals surface area contributed by atoms with Crippen molar-refractivity contribution in [1.29, 1.82) is 0 Å². The van der Waals surface area contributed by atoms with Crippen molar-refractivity contribution in [3.05, 3.63) is 29.8 Å². The predicted octanol–water partition coefficient (Wildman–Crippen LogP) is 2.71. The zero-order valence-electron chi connectivity index (χ0n) is 12.9. The molecule has 3 N–H and O–H groups in total. The highest BCUT2D eigenvalue weighted by molar-refractivity contribution is 7.98. The van der Waals surface area contributed by atoms with Gasteiger partial charge in [-0.2, -0.15) is 11.8 Å². The van der Waals surface area contributed by atoms with E-state index >= 15 is 0 Å². The van der Waals surface area contributed by atoms with Gasteiger partial charge in [-0.15, -0.1) is 12.4 Å². The number of hydrogen-bond donors (Lipinski definition) is 2. The maximum Gasteiger partial charge on any atom is 0.241 e. The van der Waals surface area contributed by atoms with Crippen molar-refractivity contribution in [3.63, 3.8) is 0 Å². The fraction of sp³-hybridized carbons (Fsp3) is 0.562. The number of nitrogens with one attached hydrogen (secondary N) is 1. The van der Waals surface area contributed by atoms with E-state index in [1.54, 1.807) is 0 Å². The molecule has 0 bridgehead atoms. The standard InChI is InChI=1S/C16H24N2O2S.ClH/c1-21-11-8-12-2-4-14(5-3-12)18-16(19)15(17)13-6-9-20-10-7-13;/h2-5,13,15H,6-11,17H2,1H3,(H,18,19);1H. The molecule has 1 atom stereocenters. The van der Waals surface area contributed by atoms with Crippen LogP contribution in [-0.2, 0) is 16.0 Å². The van der Waals surface area contributed by atoms with E-state index in [4.69, 9.17) is 10.5 Å². The molecule has 2 rings (SSSR count). The molecule has 1 aromatic carbocycles. The summed E-state index contributed by atoms with van der Waals surface area (Å²) in [5.74, 6) is 1.23. The Labute approximate surface area is 143 Å². The normalized spacial score (nSPS) is 16.6. The number of hydrogen-bond acceptors (Lipinski definition) is 4. The average Bonchev–Trinajstić information content (AvgIpc) is 2.54. The van der Waals surface area contributed by atoms with Crippen LogP contribution >= 0.6 is 24.2 Å². The first-order valence-electron chi connectivity index (χ1n) is 7.43. The summed E-state index contributed by atoms with van der Waals surface area (Å²) in [6.07, 6.45) is 4.88. The van der Waals surface area contributed by atoms with Gasteiger partial charge in [0.25, 0.3) is 0 Å². The summed E-state index contributed by atoms with van der Waals surface area (Å²) in [5, 5.41) is 2.91. The van der Waals surface area contributed by atoms with Crippen LogP contribution in [0.15, 0.2) is 24.3 Å². The number of rotatable bonds is 6. The first kappa shape index (κ1) is 19.3. The predicted molar refractivity (Wildman–Crippen MR) is 95.9 cm³/mol. The second kappa shape index (κ2) is 10.1. The van der Waals surface area contributed by atoms with Gasteiger partial charge >= 0.3 is 0 Å². The highest BCUT2D eigenvalue weighted by atomic mass is 35.5. The number of nitrogens with two attached hydrogens (primary N) is 1. The Morgan fingerprint density at radius 2 is 2.00 bits per heavy atom. The Morgan fingerprint density at radius 3 is 2.59 bits per heavy atom. The van der Waals surface area contributed by atoms with Crippen LogP contribution in [0.5, 0.6) is 0 Å². The number of anilines is 1. The van der Waals surface area contributed by atoms with E-state index in [9.17, 15) is 4.79 Å². The van der Waals surface area contributed by atoms with E-state index in [0.29, 0.717) is 13.2 Å². The van der Waals surface area contributed by atoms with Gasteiger partial charge in [0.2, 0.25) is 5.91 Å². The third-order valence-corrected chi connectivity index (χ3v) is 4.51. The summed E-state index contributed by atoms with van der Waals surface area (Å²) in [7, 11) is 0. The quantitative estimate of drug-likeness (QED) is 0.832. The minimum Gasteiger partial charge on any atom is -0.381 e. The lowest BCUT2D eigenvalue weighted by Crippen LogP contribution is -2.43. The molecule has 1 aliphatic heterocycles. The lowest BCUT2D eigenvalue weighted by atomic mass is 9.92. The number of aryl methyl sites for hydroxylation is 1. The second-order valence-corrected chi connectivity index (χ2v) is 6.39.